The van der Waals surface area contributed by atoms with Crippen molar-refractivity contribution in [3.8, 4) is 0 Å². The third-order valence-electron chi connectivity index (χ3n) is 3.88. The van der Waals surface area contributed by atoms with Crippen LogP contribution in [0.4, 0.5) is 18.9 Å². The van der Waals surface area contributed by atoms with Gasteiger partial charge in [-0.15, -0.1) is 0 Å². The Hall–Kier alpha value is -2.35. The number of benzene rings is 1. The smallest absolute Gasteiger partial charge is 0.321 e. The average Bonchev–Trinajstić information content (AvgIpc) is 3.18. The van der Waals surface area contributed by atoms with Crippen LogP contribution in [0.5, 0.6) is 0 Å². The van der Waals surface area contributed by atoms with Crippen molar-refractivity contribution < 1.29 is 18.0 Å². The van der Waals surface area contributed by atoms with Gasteiger partial charge < -0.3 is 10.6 Å². The van der Waals surface area contributed by atoms with Crippen LogP contribution in [0.1, 0.15) is 40.6 Å². The van der Waals surface area contributed by atoms with E-state index >= 15 is 0 Å². The lowest BCUT2D eigenvalue weighted by Crippen LogP contribution is -2.14. The van der Waals surface area contributed by atoms with Crippen LogP contribution < -0.4 is 10.6 Å². The summed E-state index contributed by atoms with van der Waals surface area (Å²) in [6.07, 6.45) is -3.16. The van der Waals surface area contributed by atoms with Gasteiger partial charge in [-0.25, -0.2) is 0 Å². The van der Waals surface area contributed by atoms with Gasteiger partial charge >= 0.3 is 6.18 Å². The summed E-state index contributed by atoms with van der Waals surface area (Å²) in [6.45, 7) is 0.940. The van der Waals surface area contributed by atoms with Crippen LogP contribution in [0.15, 0.2) is 30.3 Å². The minimum atomic E-state index is -4.25. The highest BCUT2D eigenvalue weighted by Crippen LogP contribution is 2.23. The largest absolute Gasteiger partial charge is 0.393 e. The van der Waals surface area contributed by atoms with Gasteiger partial charge in [0.1, 0.15) is 0 Å². The Kier molecular flexibility index (Phi) is 4.57. The predicted molar refractivity (Wildman–Crippen MR) is 82.7 cm³/mol. The molecule has 1 aliphatic heterocycles. The molecule has 3 rings (SSSR count). The number of hydrogen-bond acceptors (Lipinski definition) is 3. The van der Waals surface area contributed by atoms with Crippen LogP contribution in [0.2, 0.25) is 0 Å². The lowest BCUT2D eigenvalue weighted by atomic mass is 10.1. The number of carbonyl (C=O) groups excluding carboxylic acids is 1. The SMILES string of the molecule is O=C(Nc1ccc(CC(F)(F)F)cc1)c1cc(C2CCCN2)[nH]n1. The number of aromatic amines is 1. The average molecular weight is 338 g/mol. The number of anilines is 1. The van der Waals surface area contributed by atoms with Crippen molar-refractivity contribution in [1.82, 2.24) is 15.5 Å². The van der Waals surface area contributed by atoms with Crippen LogP contribution in [-0.4, -0.2) is 28.8 Å². The number of hydrogen-bond donors (Lipinski definition) is 3. The highest BCUT2D eigenvalue weighted by molar-refractivity contribution is 6.02. The lowest BCUT2D eigenvalue weighted by Gasteiger charge is -2.08. The second kappa shape index (κ2) is 6.64. The molecule has 0 spiro atoms. The molecular formula is C16H17F3N4O. The maximum absolute atomic E-state index is 12.3. The molecule has 1 unspecified atom stereocenters. The minimum absolute atomic E-state index is 0.148. The van der Waals surface area contributed by atoms with E-state index in [1.807, 2.05) is 0 Å². The summed E-state index contributed by atoms with van der Waals surface area (Å²) in [7, 11) is 0. The lowest BCUT2D eigenvalue weighted by molar-refractivity contribution is -0.127. The van der Waals surface area contributed by atoms with Gasteiger partial charge in [0.05, 0.1) is 12.1 Å². The van der Waals surface area contributed by atoms with Gasteiger partial charge in [0.2, 0.25) is 0 Å². The van der Waals surface area contributed by atoms with E-state index in [1.165, 1.54) is 24.3 Å². The molecule has 1 aliphatic rings. The summed E-state index contributed by atoms with van der Waals surface area (Å²) < 4.78 is 37.0. The maximum atomic E-state index is 12.3. The third kappa shape index (κ3) is 4.14. The number of H-pyrrole nitrogens is 1. The molecular weight excluding hydrogens is 321 g/mol. The first-order valence-electron chi connectivity index (χ1n) is 7.66. The fourth-order valence-electron chi connectivity index (χ4n) is 2.71. The molecule has 1 amide bonds. The fourth-order valence-corrected chi connectivity index (χ4v) is 2.71. The van der Waals surface area contributed by atoms with Gasteiger partial charge in [-0.2, -0.15) is 18.3 Å². The van der Waals surface area contributed by atoms with E-state index in [0.29, 0.717) is 5.69 Å². The molecule has 128 valence electrons. The number of carbonyl (C=O) groups is 1. The molecule has 1 saturated heterocycles. The van der Waals surface area contributed by atoms with Crippen molar-refractivity contribution in [1.29, 1.82) is 0 Å². The van der Waals surface area contributed by atoms with E-state index in [1.54, 1.807) is 6.07 Å². The topological polar surface area (TPSA) is 69.8 Å². The van der Waals surface area contributed by atoms with E-state index < -0.39 is 18.5 Å². The molecule has 1 atom stereocenters. The molecule has 0 aliphatic carbocycles. The summed E-state index contributed by atoms with van der Waals surface area (Å²) in [5, 5.41) is 12.8. The molecule has 2 heterocycles. The molecule has 0 saturated carbocycles. The maximum Gasteiger partial charge on any atom is 0.393 e. The van der Waals surface area contributed by atoms with Gasteiger partial charge in [-0.05, 0) is 43.1 Å². The molecule has 3 N–H and O–H groups in total. The van der Waals surface area contributed by atoms with Crippen molar-refractivity contribution in [2.24, 2.45) is 0 Å². The molecule has 0 bridgehead atoms. The van der Waals surface area contributed by atoms with Crippen molar-refractivity contribution >= 4 is 11.6 Å². The van der Waals surface area contributed by atoms with Crippen molar-refractivity contribution in [2.75, 3.05) is 11.9 Å². The summed E-state index contributed by atoms with van der Waals surface area (Å²) in [5.41, 5.74) is 1.68. The fraction of sp³-hybridized carbons (Fsp3) is 0.375. The van der Waals surface area contributed by atoms with Crippen LogP contribution >= 0.6 is 0 Å². The van der Waals surface area contributed by atoms with Crippen LogP contribution in [0, 0.1) is 0 Å². The molecule has 8 heteroatoms. The van der Waals surface area contributed by atoms with E-state index in [4.69, 9.17) is 0 Å². The summed E-state index contributed by atoms with van der Waals surface area (Å²) in [6, 6.07) is 7.47. The molecule has 2 aromatic rings. The standard InChI is InChI=1S/C16H17F3N4O/c17-16(18,19)9-10-3-5-11(6-4-10)21-15(24)14-8-13(22-23-14)12-2-1-7-20-12/h3-6,8,12,20H,1-2,7,9H2,(H,21,24)(H,22,23). The molecule has 24 heavy (non-hydrogen) atoms. The summed E-state index contributed by atoms with van der Waals surface area (Å²) >= 11 is 0. The Labute approximate surface area is 136 Å². The second-order valence-corrected chi connectivity index (χ2v) is 5.80. The minimum Gasteiger partial charge on any atom is -0.321 e. The second-order valence-electron chi connectivity index (χ2n) is 5.80. The van der Waals surface area contributed by atoms with E-state index in [0.717, 1.165) is 25.1 Å². The van der Waals surface area contributed by atoms with Crippen LogP contribution in [0.3, 0.4) is 0 Å². The summed E-state index contributed by atoms with van der Waals surface area (Å²) in [5.74, 6) is -0.404. The molecule has 1 aromatic carbocycles. The number of amides is 1. The van der Waals surface area contributed by atoms with Crippen molar-refractivity contribution in [3.63, 3.8) is 0 Å². The summed E-state index contributed by atoms with van der Waals surface area (Å²) in [4.78, 5) is 12.2. The van der Waals surface area contributed by atoms with Crippen molar-refractivity contribution in [2.45, 2.75) is 31.5 Å². The Morgan fingerprint density at radius 2 is 2.04 bits per heavy atom. The van der Waals surface area contributed by atoms with Crippen molar-refractivity contribution in [3.05, 3.63) is 47.3 Å². The monoisotopic (exact) mass is 338 g/mol. The van der Waals surface area contributed by atoms with E-state index in [-0.39, 0.29) is 17.3 Å². The zero-order chi connectivity index (χ0) is 17.2. The first kappa shape index (κ1) is 16.5. The Morgan fingerprint density at radius 3 is 2.67 bits per heavy atom. The number of rotatable bonds is 4. The third-order valence-corrected chi connectivity index (χ3v) is 3.88. The van der Waals surface area contributed by atoms with Gasteiger partial charge in [0.25, 0.3) is 5.91 Å². The predicted octanol–water partition coefficient (Wildman–Crippen LogP) is 3.19. The van der Waals surface area contributed by atoms with Crippen LogP contribution in [-0.2, 0) is 6.42 Å². The van der Waals surface area contributed by atoms with E-state index in [9.17, 15) is 18.0 Å². The van der Waals surface area contributed by atoms with E-state index in [2.05, 4.69) is 20.8 Å². The molecule has 1 aromatic heterocycles. The zero-order valence-electron chi connectivity index (χ0n) is 12.8. The molecule has 0 radical (unpaired) electrons. The molecule has 1 fully saturated rings. The first-order chi connectivity index (χ1) is 11.4. The number of aromatic nitrogens is 2. The first-order valence-corrected chi connectivity index (χ1v) is 7.66. The Balaban J connectivity index is 1.62. The van der Waals surface area contributed by atoms with Gasteiger partial charge in [-0.1, -0.05) is 12.1 Å². The molecule has 5 nitrogen and oxygen atoms in total. The van der Waals surface area contributed by atoms with Gasteiger partial charge in [0, 0.05) is 11.7 Å². The number of halogens is 3. The highest BCUT2D eigenvalue weighted by Gasteiger charge is 2.27. The quantitative estimate of drug-likeness (QED) is 0.802. The van der Waals surface area contributed by atoms with Gasteiger partial charge in [-0.3, -0.25) is 9.89 Å². The number of nitrogens with zero attached hydrogens (tertiary/aromatic N) is 1. The van der Waals surface area contributed by atoms with Gasteiger partial charge in [0.15, 0.2) is 5.69 Å². The normalized spacial score (nSPS) is 17.9. The van der Waals surface area contributed by atoms with Crippen LogP contribution in [0.25, 0.3) is 0 Å². The zero-order valence-corrected chi connectivity index (χ0v) is 12.8. The number of nitrogens with one attached hydrogen (secondary N) is 3. The Morgan fingerprint density at radius 1 is 1.29 bits per heavy atom. The Bertz CT molecular complexity index is 703. The highest BCUT2D eigenvalue weighted by atomic mass is 19.4. The number of alkyl halides is 3.